The molecule has 110 valence electrons. The lowest BCUT2D eigenvalue weighted by atomic mass is 9.92. The maximum Gasteiger partial charge on any atom is 0.255 e. The summed E-state index contributed by atoms with van der Waals surface area (Å²) in [6, 6.07) is 4.85. The molecule has 0 saturated heterocycles. The summed E-state index contributed by atoms with van der Waals surface area (Å²) in [7, 11) is 1.49. The van der Waals surface area contributed by atoms with E-state index in [0.29, 0.717) is 29.2 Å². The van der Waals surface area contributed by atoms with Crippen molar-refractivity contribution in [3.8, 4) is 5.75 Å². The van der Waals surface area contributed by atoms with E-state index in [1.807, 2.05) is 13.8 Å². The molecule has 4 nitrogen and oxygen atoms in total. The zero-order valence-corrected chi connectivity index (χ0v) is 13.4. The van der Waals surface area contributed by atoms with Crippen LogP contribution in [0.3, 0.4) is 0 Å². The minimum atomic E-state index is -0.683. The van der Waals surface area contributed by atoms with E-state index in [9.17, 15) is 4.79 Å². The molecule has 0 spiro atoms. The molecule has 0 radical (unpaired) electrons. The van der Waals surface area contributed by atoms with Crippen LogP contribution < -0.4 is 15.8 Å². The number of carbonyl (C=O) groups excluding carboxylic acids is 1. The first-order valence-electron chi connectivity index (χ1n) is 6.36. The van der Waals surface area contributed by atoms with Gasteiger partial charge in [0.1, 0.15) is 5.75 Å². The van der Waals surface area contributed by atoms with Crippen LogP contribution in [0.5, 0.6) is 5.75 Å². The number of ether oxygens (including phenoxy) is 1. The molecule has 6 heteroatoms. The van der Waals surface area contributed by atoms with Crippen molar-refractivity contribution in [3.05, 3.63) is 28.8 Å². The van der Waals surface area contributed by atoms with E-state index in [1.165, 1.54) is 7.11 Å². The predicted molar refractivity (Wildman–Crippen MR) is 85.6 cm³/mol. The van der Waals surface area contributed by atoms with Gasteiger partial charge in [-0.05, 0) is 31.0 Å². The van der Waals surface area contributed by atoms with Crippen LogP contribution >= 0.6 is 23.8 Å². The first-order chi connectivity index (χ1) is 9.40. The van der Waals surface area contributed by atoms with Crippen molar-refractivity contribution < 1.29 is 9.53 Å². The van der Waals surface area contributed by atoms with Crippen molar-refractivity contribution in [1.29, 1.82) is 0 Å². The highest BCUT2D eigenvalue weighted by atomic mass is 35.5. The van der Waals surface area contributed by atoms with Gasteiger partial charge >= 0.3 is 0 Å². The van der Waals surface area contributed by atoms with Gasteiger partial charge in [0, 0.05) is 5.02 Å². The number of rotatable bonds is 6. The van der Waals surface area contributed by atoms with Crippen molar-refractivity contribution in [2.45, 2.75) is 32.2 Å². The van der Waals surface area contributed by atoms with Gasteiger partial charge in [-0.3, -0.25) is 4.79 Å². The molecule has 0 aliphatic carbocycles. The second kappa shape index (κ2) is 6.90. The third kappa shape index (κ3) is 3.41. The summed E-state index contributed by atoms with van der Waals surface area (Å²) in [5, 5.41) is 3.42. The SMILES string of the molecule is CCC(CC)(NC(=O)c1ccc(Cl)cc1OC)C(N)=S. The number of nitrogens with two attached hydrogens (primary N) is 1. The van der Waals surface area contributed by atoms with Crippen LogP contribution in [0, 0.1) is 0 Å². The Kier molecular flexibility index (Phi) is 5.77. The van der Waals surface area contributed by atoms with Gasteiger partial charge in [0.15, 0.2) is 0 Å². The fourth-order valence-corrected chi connectivity index (χ4v) is 2.48. The van der Waals surface area contributed by atoms with Gasteiger partial charge in [0.25, 0.3) is 5.91 Å². The molecule has 0 atom stereocenters. The molecule has 1 aromatic rings. The van der Waals surface area contributed by atoms with E-state index >= 15 is 0 Å². The Morgan fingerprint density at radius 3 is 2.50 bits per heavy atom. The Hall–Kier alpha value is -1.33. The highest BCUT2D eigenvalue weighted by Gasteiger charge is 2.32. The largest absolute Gasteiger partial charge is 0.496 e. The van der Waals surface area contributed by atoms with Crippen LogP contribution in [0.4, 0.5) is 0 Å². The third-order valence-electron chi connectivity index (χ3n) is 3.44. The predicted octanol–water partition coefficient (Wildman–Crippen LogP) is 2.92. The third-order valence-corrected chi connectivity index (χ3v) is 4.07. The number of nitrogens with one attached hydrogen (secondary N) is 1. The summed E-state index contributed by atoms with van der Waals surface area (Å²) in [4.78, 5) is 12.7. The van der Waals surface area contributed by atoms with Crippen molar-refractivity contribution in [2.24, 2.45) is 5.73 Å². The lowest BCUT2D eigenvalue weighted by Crippen LogP contribution is -2.56. The second-order valence-electron chi connectivity index (χ2n) is 4.45. The van der Waals surface area contributed by atoms with Crippen LogP contribution in [0.15, 0.2) is 18.2 Å². The molecule has 0 saturated carbocycles. The molecule has 1 aromatic carbocycles. The highest BCUT2D eigenvalue weighted by molar-refractivity contribution is 7.80. The van der Waals surface area contributed by atoms with Crippen LogP contribution in [0.2, 0.25) is 5.02 Å². The number of carbonyl (C=O) groups is 1. The Balaban J connectivity index is 3.10. The maximum absolute atomic E-state index is 12.4. The summed E-state index contributed by atoms with van der Waals surface area (Å²) < 4.78 is 5.18. The number of methoxy groups -OCH3 is 1. The molecule has 3 N–H and O–H groups in total. The molecule has 1 amide bonds. The Morgan fingerprint density at radius 2 is 2.05 bits per heavy atom. The van der Waals surface area contributed by atoms with Crippen molar-refractivity contribution in [1.82, 2.24) is 5.32 Å². The maximum atomic E-state index is 12.4. The molecule has 20 heavy (non-hydrogen) atoms. The molecule has 0 aliphatic heterocycles. The minimum Gasteiger partial charge on any atom is -0.496 e. The number of halogens is 1. The average Bonchev–Trinajstić information content (AvgIpc) is 2.43. The Bertz CT molecular complexity index is 516. The minimum absolute atomic E-state index is 0.281. The van der Waals surface area contributed by atoms with Gasteiger partial charge in [-0.2, -0.15) is 0 Å². The van der Waals surface area contributed by atoms with Gasteiger partial charge < -0.3 is 15.8 Å². The Labute approximate surface area is 129 Å². The molecule has 0 bridgehead atoms. The first kappa shape index (κ1) is 16.7. The van der Waals surface area contributed by atoms with Crippen molar-refractivity contribution >= 4 is 34.7 Å². The summed E-state index contributed by atoms with van der Waals surface area (Å²) in [5.41, 5.74) is 5.50. The van der Waals surface area contributed by atoms with Crippen LogP contribution in [0.1, 0.15) is 37.0 Å². The molecular weight excluding hydrogens is 296 g/mol. The van der Waals surface area contributed by atoms with Crippen LogP contribution in [-0.2, 0) is 0 Å². The number of hydrogen-bond donors (Lipinski definition) is 2. The van der Waals surface area contributed by atoms with E-state index in [0.717, 1.165) is 0 Å². The quantitative estimate of drug-likeness (QED) is 0.792. The molecular formula is C14H19ClN2O2S. The highest BCUT2D eigenvalue weighted by Crippen LogP contribution is 2.24. The molecule has 0 aromatic heterocycles. The van der Waals surface area contributed by atoms with E-state index in [2.05, 4.69) is 5.32 Å². The van der Waals surface area contributed by atoms with Gasteiger partial charge in [-0.15, -0.1) is 0 Å². The van der Waals surface area contributed by atoms with Gasteiger partial charge in [-0.25, -0.2) is 0 Å². The smallest absolute Gasteiger partial charge is 0.255 e. The fourth-order valence-electron chi connectivity index (χ4n) is 1.97. The zero-order valence-electron chi connectivity index (χ0n) is 11.8. The second-order valence-corrected chi connectivity index (χ2v) is 5.33. The molecule has 0 unspecified atom stereocenters. The lowest BCUT2D eigenvalue weighted by Gasteiger charge is -2.31. The van der Waals surface area contributed by atoms with Crippen LogP contribution in [-0.4, -0.2) is 23.5 Å². The topological polar surface area (TPSA) is 64.3 Å². The monoisotopic (exact) mass is 314 g/mol. The number of hydrogen-bond acceptors (Lipinski definition) is 3. The van der Waals surface area contributed by atoms with E-state index in [4.69, 9.17) is 34.3 Å². The summed E-state index contributed by atoms with van der Waals surface area (Å²) in [6.07, 6.45) is 1.25. The van der Waals surface area contributed by atoms with E-state index < -0.39 is 5.54 Å². The van der Waals surface area contributed by atoms with Crippen molar-refractivity contribution in [3.63, 3.8) is 0 Å². The van der Waals surface area contributed by atoms with Crippen molar-refractivity contribution in [2.75, 3.05) is 7.11 Å². The Morgan fingerprint density at radius 1 is 1.45 bits per heavy atom. The summed E-state index contributed by atoms with van der Waals surface area (Å²) in [5.74, 6) is 0.133. The first-order valence-corrected chi connectivity index (χ1v) is 7.14. The van der Waals surface area contributed by atoms with Gasteiger partial charge in [-0.1, -0.05) is 37.7 Å². The normalized spacial score (nSPS) is 11.0. The zero-order chi connectivity index (χ0) is 15.3. The number of benzene rings is 1. The van der Waals surface area contributed by atoms with E-state index in [1.54, 1.807) is 18.2 Å². The molecule has 1 rings (SSSR count). The average molecular weight is 315 g/mol. The number of thiocarbonyl (C=S) groups is 1. The summed E-state index contributed by atoms with van der Waals surface area (Å²) in [6.45, 7) is 3.87. The lowest BCUT2D eigenvalue weighted by molar-refractivity contribution is 0.0917. The molecule has 0 heterocycles. The summed E-state index contributed by atoms with van der Waals surface area (Å²) >= 11 is 11.0. The van der Waals surface area contributed by atoms with Gasteiger partial charge in [0.05, 0.1) is 23.2 Å². The molecule has 0 fully saturated rings. The van der Waals surface area contributed by atoms with Crippen LogP contribution in [0.25, 0.3) is 0 Å². The fraction of sp³-hybridized carbons (Fsp3) is 0.429. The van der Waals surface area contributed by atoms with E-state index in [-0.39, 0.29) is 10.9 Å². The number of amides is 1. The van der Waals surface area contributed by atoms with Gasteiger partial charge in [0.2, 0.25) is 0 Å². The standard InChI is InChI=1S/C14H19ClN2O2S/c1-4-14(5-2,13(16)20)17-12(18)10-7-6-9(15)8-11(10)19-3/h6-8H,4-5H2,1-3H3,(H2,16,20)(H,17,18). The molecule has 0 aliphatic rings.